The molecule has 2 rings (SSSR count). The molecule has 0 bridgehead atoms. The molecule has 2 atom stereocenters. The summed E-state index contributed by atoms with van der Waals surface area (Å²) in [5.74, 6) is -0.243. The second-order valence-corrected chi connectivity index (χ2v) is 4.83. The molecule has 1 N–H and O–H groups in total. The summed E-state index contributed by atoms with van der Waals surface area (Å²) in [4.78, 5) is 22.9. The van der Waals surface area contributed by atoms with Gasteiger partial charge in [0.2, 0.25) is 0 Å². The number of hydrogen-bond acceptors (Lipinski definition) is 4. The summed E-state index contributed by atoms with van der Waals surface area (Å²) in [6, 6.07) is 8.76. The molecular formula is C14H17NO4. The maximum absolute atomic E-state index is 11.6. The highest BCUT2D eigenvalue weighted by molar-refractivity contribution is 5.86. The van der Waals surface area contributed by atoms with Crippen molar-refractivity contribution in [3.63, 3.8) is 0 Å². The zero-order chi connectivity index (χ0) is 13.8. The normalized spacial score (nSPS) is 21.5. The summed E-state index contributed by atoms with van der Waals surface area (Å²) in [7, 11) is 0. The minimum absolute atomic E-state index is 0.164. The van der Waals surface area contributed by atoms with E-state index in [2.05, 4.69) is 5.32 Å². The third-order valence-electron chi connectivity index (χ3n) is 2.98. The van der Waals surface area contributed by atoms with Gasteiger partial charge in [-0.3, -0.25) is 0 Å². The van der Waals surface area contributed by atoms with Gasteiger partial charge >= 0.3 is 12.1 Å². The lowest BCUT2D eigenvalue weighted by molar-refractivity contribution is -0.181. The molecule has 102 valence electrons. The van der Waals surface area contributed by atoms with E-state index in [-0.39, 0.29) is 18.6 Å². The van der Waals surface area contributed by atoms with E-state index in [9.17, 15) is 9.59 Å². The fraction of sp³-hybridized carbons (Fsp3) is 0.429. The van der Waals surface area contributed by atoms with E-state index in [0.717, 1.165) is 5.56 Å². The lowest BCUT2D eigenvalue weighted by Gasteiger charge is -2.37. The van der Waals surface area contributed by atoms with Crippen LogP contribution < -0.4 is 5.32 Å². The van der Waals surface area contributed by atoms with Gasteiger partial charge < -0.3 is 14.8 Å². The molecule has 1 aromatic carbocycles. The Morgan fingerprint density at radius 2 is 2.05 bits per heavy atom. The van der Waals surface area contributed by atoms with Crippen LogP contribution >= 0.6 is 0 Å². The first-order valence-electron chi connectivity index (χ1n) is 6.25. The Balaban J connectivity index is 1.80. The standard InChI is InChI=1S/C14H17NO4/c1-9(2)12-11(13(16)19-12)15-14(17)18-8-10-6-4-3-5-7-10/h3-7,9,11-12H,8H2,1-2H3,(H,15,17)/t11-,12-/m1/s1. The predicted octanol–water partition coefficient (Wildman–Crippen LogP) is 1.86. The van der Waals surface area contributed by atoms with Crippen LogP contribution in [0.25, 0.3) is 0 Å². The Morgan fingerprint density at radius 3 is 2.63 bits per heavy atom. The van der Waals surface area contributed by atoms with Gasteiger partial charge in [0.05, 0.1) is 0 Å². The first kappa shape index (κ1) is 13.4. The number of amides is 1. The molecule has 1 aliphatic heterocycles. The quantitative estimate of drug-likeness (QED) is 0.842. The maximum Gasteiger partial charge on any atom is 0.408 e. The van der Waals surface area contributed by atoms with Crippen molar-refractivity contribution < 1.29 is 19.1 Å². The number of benzene rings is 1. The number of ether oxygens (including phenoxy) is 2. The molecule has 0 spiro atoms. The fourth-order valence-corrected chi connectivity index (χ4v) is 1.89. The third kappa shape index (κ3) is 3.24. The number of esters is 1. The first-order valence-corrected chi connectivity index (χ1v) is 6.25. The lowest BCUT2D eigenvalue weighted by Crippen LogP contribution is -2.61. The SMILES string of the molecule is CC(C)[C@H]1OC(=O)[C@@H]1NC(=O)OCc1ccccc1. The largest absolute Gasteiger partial charge is 0.458 e. The molecule has 0 unspecified atom stereocenters. The smallest absolute Gasteiger partial charge is 0.408 e. The number of carbonyl (C=O) groups excluding carboxylic acids is 2. The molecule has 5 heteroatoms. The molecule has 0 saturated carbocycles. The van der Waals surface area contributed by atoms with Crippen molar-refractivity contribution in [1.82, 2.24) is 5.32 Å². The van der Waals surface area contributed by atoms with Crippen LogP contribution in [-0.4, -0.2) is 24.2 Å². The zero-order valence-corrected chi connectivity index (χ0v) is 11.0. The molecule has 1 aromatic rings. The van der Waals surface area contributed by atoms with Gasteiger partial charge in [-0.25, -0.2) is 9.59 Å². The van der Waals surface area contributed by atoms with Crippen LogP contribution in [-0.2, 0) is 20.9 Å². The number of cyclic esters (lactones) is 1. The topological polar surface area (TPSA) is 64.6 Å². The van der Waals surface area contributed by atoms with Crippen LogP contribution in [0.4, 0.5) is 4.79 Å². The van der Waals surface area contributed by atoms with Crippen LogP contribution in [0.3, 0.4) is 0 Å². The van der Waals surface area contributed by atoms with Gasteiger partial charge in [0.25, 0.3) is 0 Å². The number of hydrogen-bond donors (Lipinski definition) is 1. The van der Waals surface area contributed by atoms with Gasteiger partial charge in [-0.1, -0.05) is 44.2 Å². The average Bonchev–Trinajstić information content (AvgIpc) is 2.40. The number of rotatable bonds is 4. The van der Waals surface area contributed by atoms with E-state index in [1.54, 1.807) is 0 Å². The van der Waals surface area contributed by atoms with Crippen molar-refractivity contribution in [2.75, 3.05) is 0 Å². The van der Waals surface area contributed by atoms with Crippen LogP contribution in [0.5, 0.6) is 0 Å². The van der Waals surface area contributed by atoms with Gasteiger partial charge in [0.15, 0.2) is 6.04 Å². The number of carbonyl (C=O) groups is 2. The fourth-order valence-electron chi connectivity index (χ4n) is 1.89. The van der Waals surface area contributed by atoms with Gasteiger partial charge in [-0.05, 0) is 11.5 Å². The average molecular weight is 263 g/mol. The van der Waals surface area contributed by atoms with Gasteiger partial charge in [0.1, 0.15) is 12.7 Å². The van der Waals surface area contributed by atoms with Crippen LogP contribution in [0, 0.1) is 5.92 Å². The van der Waals surface area contributed by atoms with Crippen molar-refractivity contribution >= 4 is 12.1 Å². The third-order valence-corrected chi connectivity index (χ3v) is 2.98. The molecule has 0 aromatic heterocycles. The molecule has 1 aliphatic rings. The van der Waals surface area contributed by atoms with Crippen LogP contribution in [0.1, 0.15) is 19.4 Å². The van der Waals surface area contributed by atoms with Crippen molar-refractivity contribution in [1.29, 1.82) is 0 Å². The molecule has 0 radical (unpaired) electrons. The second kappa shape index (κ2) is 5.73. The van der Waals surface area contributed by atoms with E-state index in [4.69, 9.17) is 9.47 Å². The van der Waals surface area contributed by atoms with Gasteiger partial charge in [-0.2, -0.15) is 0 Å². The Hall–Kier alpha value is -2.04. The summed E-state index contributed by atoms with van der Waals surface area (Å²) in [5.41, 5.74) is 0.897. The molecule has 5 nitrogen and oxygen atoms in total. The molecule has 19 heavy (non-hydrogen) atoms. The summed E-state index contributed by atoms with van der Waals surface area (Å²) < 4.78 is 10.0. The van der Waals surface area contributed by atoms with E-state index < -0.39 is 18.1 Å². The van der Waals surface area contributed by atoms with Gasteiger partial charge in [0, 0.05) is 0 Å². The molecule has 1 amide bonds. The van der Waals surface area contributed by atoms with Crippen LogP contribution in [0.2, 0.25) is 0 Å². The monoisotopic (exact) mass is 263 g/mol. The van der Waals surface area contributed by atoms with E-state index in [1.165, 1.54) is 0 Å². The second-order valence-electron chi connectivity index (χ2n) is 4.83. The molecular weight excluding hydrogens is 246 g/mol. The molecule has 0 aliphatic carbocycles. The Bertz CT molecular complexity index is 458. The summed E-state index contributed by atoms with van der Waals surface area (Å²) in [6.07, 6.45) is -0.868. The summed E-state index contributed by atoms with van der Waals surface area (Å²) in [5, 5.41) is 2.53. The minimum Gasteiger partial charge on any atom is -0.458 e. The lowest BCUT2D eigenvalue weighted by atomic mass is 9.95. The van der Waals surface area contributed by atoms with Crippen molar-refractivity contribution in [2.45, 2.75) is 32.6 Å². The summed E-state index contributed by atoms with van der Waals surface area (Å²) in [6.45, 7) is 4.04. The van der Waals surface area contributed by atoms with E-state index in [0.29, 0.717) is 0 Å². The first-order chi connectivity index (χ1) is 9.08. The van der Waals surface area contributed by atoms with Crippen LogP contribution in [0.15, 0.2) is 30.3 Å². The highest BCUT2D eigenvalue weighted by atomic mass is 16.6. The maximum atomic E-state index is 11.6. The van der Waals surface area contributed by atoms with Crippen molar-refractivity contribution in [3.8, 4) is 0 Å². The highest BCUT2D eigenvalue weighted by Crippen LogP contribution is 2.22. The van der Waals surface area contributed by atoms with Gasteiger partial charge in [-0.15, -0.1) is 0 Å². The van der Waals surface area contributed by atoms with E-state index >= 15 is 0 Å². The highest BCUT2D eigenvalue weighted by Gasteiger charge is 2.45. The molecule has 1 fully saturated rings. The summed E-state index contributed by atoms with van der Waals surface area (Å²) >= 11 is 0. The Morgan fingerprint density at radius 1 is 1.37 bits per heavy atom. The molecule has 1 heterocycles. The van der Waals surface area contributed by atoms with Crippen molar-refractivity contribution in [3.05, 3.63) is 35.9 Å². The van der Waals surface area contributed by atoms with E-state index in [1.807, 2.05) is 44.2 Å². The predicted molar refractivity (Wildman–Crippen MR) is 68.3 cm³/mol. The Kier molecular flexibility index (Phi) is 4.04. The minimum atomic E-state index is -0.601. The molecule has 1 saturated heterocycles. The Labute approximate surface area is 111 Å². The number of alkyl carbamates (subject to hydrolysis) is 1. The van der Waals surface area contributed by atoms with Crippen molar-refractivity contribution in [2.24, 2.45) is 5.92 Å². The number of nitrogens with one attached hydrogen (secondary N) is 1. The zero-order valence-electron chi connectivity index (χ0n) is 11.0.